The van der Waals surface area contributed by atoms with Crippen LogP contribution in [0.5, 0.6) is 0 Å². The lowest BCUT2D eigenvalue weighted by atomic mass is 10.00. The van der Waals surface area contributed by atoms with Crippen LogP contribution in [-0.2, 0) is 4.74 Å². The van der Waals surface area contributed by atoms with Crippen LogP contribution >= 0.6 is 0 Å². The first-order chi connectivity index (χ1) is 7.72. The lowest BCUT2D eigenvalue weighted by Crippen LogP contribution is -1.97. The van der Waals surface area contributed by atoms with E-state index in [9.17, 15) is 0 Å². The fraction of sp³-hybridized carbons (Fsp3) is 0.467. The van der Waals surface area contributed by atoms with Gasteiger partial charge < -0.3 is 4.74 Å². The molecule has 1 aliphatic heterocycles. The smallest absolute Gasteiger partial charge is 0.109 e. The summed E-state index contributed by atoms with van der Waals surface area (Å²) in [6, 6.07) is 8.53. The molecule has 0 amide bonds. The Morgan fingerprint density at radius 1 is 1.31 bits per heavy atom. The molecule has 1 heterocycles. The van der Waals surface area contributed by atoms with Gasteiger partial charge in [0.25, 0.3) is 0 Å². The maximum absolute atomic E-state index is 5.67. The minimum Gasteiger partial charge on any atom is -0.365 e. The predicted molar refractivity (Wildman–Crippen MR) is 68.4 cm³/mol. The maximum atomic E-state index is 5.67. The van der Waals surface area contributed by atoms with Crippen LogP contribution in [0, 0.1) is 6.92 Å². The summed E-state index contributed by atoms with van der Waals surface area (Å²) >= 11 is 0. The number of hydrogen-bond acceptors (Lipinski definition) is 1. The SMILES string of the molecule is C=C(c1ccc(C)cc1)[C@@H]1O[C@H]1CCCC. The summed E-state index contributed by atoms with van der Waals surface area (Å²) in [4.78, 5) is 0. The second-order valence-electron chi connectivity index (χ2n) is 4.63. The molecule has 2 rings (SSSR count). The van der Waals surface area contributed by atoms with Crippen LogP contribution in [0.15, 0.2) is 30.8 Å². The molecule has 0 N–H and O–H groups in total. The van der Waals surface area contributed by atoms with E-state index in [1.54, 1.807) is 0 Å². The second-order valence-corrected chi connectivity index (χ2v) is 4.63. The number of epoxide rings is 1. The molecular weight excluding hydrogens is 196 g/mol. The summed E-state index contributed by atoms with van der Waals surface area (Å²) in [5, 5.41) is 0. The molecule has 16 heavy (non-hydrogen) atoms. The molecule has 0 aromatic heterocycles. The van der Waals surface area contributed by atoms with Crippen LogP contribution in [-0.4, -0.2) is 12.2 Å². The first-order valence-corrected chi connectivity index (χ1v) is 6.13. The van der Waals surface area contributed by atoms with E-state index in [0.717, 1.165) is 5.57 Å². The van der Waals surface area contributed by atoms with E-state index < -0.39 is 0 Å². The molecule has 1 aromatic rings. The van der Waals surface area contributed by atoms with Crippen molar-refractivity contribution in [1.82, 2.24) is 0 Å². The molecule has 0 radical (unpaired) electrons. The molecule has 1 aliphatic rings. The molecule has 0 saturated carbocycles. The summed E-state index contributed by atoms with van der Waals surface area (Å²) in [6.07, 6.45) is 4.36. The molecule has 0 aliphatic carbocycles. The van der Waals surface area contributed by atoms with Crippen molar-refractivity contribution in [2.45, 2.75) is 45.3 Å². The van der Waals surface area contributed by atoms with Crippen molar-refractivity contribution < 1.29 is 4.74 Å². The number of benzene rings is 1. The van der Waals surface area contributed by atoms with Gasteiger partial charge in [-0.2, -0.15) is 0 Å². The van der Waals surface area contributed by atoms with Crippen LogP contribution in [0.2, 0.25) is 0 Å². The number of rotatable bonds is 5. The Hall–Kier alpha value is -1.08. The van der Waals surface area contributed by atoms with Crippen LogP contribution in [0.3, 0.4) is 0 Å². The van der Waals surface area contributed by atoms with Gasteiger partial charge in [-0.1, -0.05) is 56.2 Å². The van der Waals surface area contributed by atoms with E-state index >= 15 is 0 Å². The fourth-order valence-electron chi connectivity index (χ4n) is 2.01. The highest BCUT2D eigenvalue weighted by atomic mass is 16.6. The highest BCUT2D eigenvalue weighted by Gasteiger charge is 2.40. The van der Waals surface area contributed by atoms with Gasteiger partial charge in [-0.3, -0.25) is 0 Å². The van der Waals surface area contributed by atoms with Crippen molar-refractivity contribution in [3.63, 3.8) is 0 Å². The van der Waals surface area contributed by atoms with Crippen molar-refractivity contribution in [2.75, 3.05) is 0 Å². The summed E-state index contributed by atoms with van der Waals surface area (Å²) in [6.45, 7) is 8.47. The van der Waals surface area contributed by atoms with E-state index in [2.05, 4.69) is 44.7 Å². The number of ether oxygens (including phenoxy) is 1. The first-order valence-electron chi connectivity index (χ1n) is 6.13. The van der Waals surface area contributed by atoms with Gasteiger partial charge in [0, 0.05) is 0 Å². The molecule has 1 saturated heterocycles. The standard InChI is InChI=1S/C15H20O/c1-4-5-6-14-15(16-14)12(3)13-9-7-11(2)8-10-13/h7-10,14-15H,3-6H2,1-2H3/t14-,15-/m0/s1. The van der Waals surface area contributed by atoms with Gasteiger partial charge in [-0.05, 0) is 24.5 Å². The normalized spacial score (nSPS) is 23.1. The van der Waals surface area contributed by atoms with Crippen molar-refractivity contribution in [3.05, 3.63) is 42.0 Å². The summed E-state index contributed by atoms with van der Waals surface area (Å²) in [5.41, 5.74) is 3.64. The third kappa shape index (κ3) is 2.53. The zero-order valence-electron chi connectivity index (χ0n) is 10.2. The molecule has 1 heteroatoms. The third-order valence-corrected chi connectivity index (χ3v) is 3.19. The zero-order chi connectivity index (χ0) is 11.5. The molecule has 0 spiro atoms. The topological polar surface area (TPSA) is 12.5 Å². The van der Waals surface area contributed by atoms with Crippen molar-refractivity contribution in [2.24, 2.45) is 0 Å². The average molecular weight is 216 g/mol. The number of aryl methyl sites for hydroxylation is 1. The van der Waals surface area contributed by atoms with Crippen molar-refractivity contribution in [1.29, 1.82) is 0 Å². The molecule has 0 unspecified atom stereocenters. The van der Waals surface area contributed by atoms with Crippen molar-refractivity contribution in [3.8, 4) is 0 Å². The van der Waals surface area contributed by atoms with Crippen LogP contribution < -0.4 is 0 Å². The van der Waals surface area contributed by atoms with E-state index in [4.69, 9.17) is 4.74 Å². The van der Waals surface area contributed by atoms with Crippen molar-refractivity contribution >= 4 is 5.57 Å². The Balaban J connectivity index is 1.92. The third-order valence-electron chi connectivity index (χ3n) is 3.19. The van der Waals surface area contributed by atoms with E-state index in [-0.39, 0.29) is 6.10 Å². The van der Waals surface area contributed by atoms with Gasteiger partial charge in [-0.15, -0.1) is 0 Å². The van der Waals surface area contributed by atoms with Crippen LogP contribution in [0.4, 0.5) is 0 Å². The number of unbranched alkanes of at least 4 members (excludes halogenated alkanes) is 1. The fourth-order valence-corrected chi connectivity index (χ4v) is 2.01. The van der Waals surface area contributed by atoms with Gasteiger partial charge in [0.05, 0.1) is 6.10 Å². The molecule has 1 aromatic carbocycles. The Kier molecular flexibility index (Phi) is 3.45. The summed E-state index contributed by atoms with van der Waals surface area (Å²) in [7, 11) is 0. The zero-order valence-corrected chi connectivity index (χ0v) is 10.2. The summed E-state index contributed by atoms with van der Waals surface area (Å²) < 4.78 is 5.67. The van der Waals surface area contributed by atoms with E-state index in [0.29, 0.717) is 6.10 Å². The molecular formula is C15H20O. The minimum absolute atomic E-state index is 0.272. The first kappa shape index (κ1) is 11.4. The maximum Gasteiger partial charge on any atom is 0.109 e. The Morgan fingerprint density at radius 2 is 2.00 bits per heavy atom. The minimum atomic E-state index is 0.272. The van der Waals surface area contributed by atoms with Crippen LogP contribution in [0.25, 0.3) is 5.57 Å². The molecule has 86 valence electrons. The Morgan fingerprint density at radius 3 is 2.62 bits per heavy atom. The quantitative estimate of drug-likeness (QED) is 0.678. The lowest BCUT2D eigenvalue weighted by molar-refractivity contribution is 0.377. The van der Waals surface area contributed by atoms with Crippen LogP contribution in [0.1, 0.15) is 37.3 Å². The predicted octanol–water partition coefficient (Wildman–Crippen LogP) is 3.97. The largest absolute Gasteiger partial charge is 0.365 e. The average Bonchev–Trinajstić information content (AvgIpc) is 3.06. The van der Waals surface area contributed by atoms with Gasteiger partial charge in [-0.25, -0.2) is 0 Å². The van der Waals surface area contributed by atoms with E-state index in [1.165, 1.54) is 30.4 Å². The molecule has 0 bridgehead atoms. The summed E-state index contributed by atoms with van der Waals surface area (Å²) in [5.74, 6) is 0. The highest BCUT2D eigenvalue weighted by molar-refractivity contribution is 5.69. The van der Waals surface area contributed by atoms with Gasteiger partial charge in [0.1, 0.15) is 6.10 Å². The van der Waals surface area contributed by atoms with Gasteiger partial charge in [0.15, 0.2) is 0 Å². The van der Waals surface area contributed by atoms with Gasteiger partial charge in [0.2, 0.25) is 0 Å². The second kappa shape index (κ2) is 4.84. The Labute approximate surface area is 98.1 Å². The van der Waals surface area contributed by atoms with E-state index in [1.807, 2.05) is 0 Å². The molecule has 1 nitrogen and oxygen atoms in total. The monoisotopic (exact) mass is 216 g/mol. The molecule has 2 atom stereocenters. The lowest BCUT2D eigenvalue weighted by Gasteiger charge is -2.03. The Bertz CT molecular complexity index is 364. The number of hydrogen-bond donors (Lipinski definition) is 0. The van der Waals surface area contributed by atoms with Gasteiger partial charge >= 0.3 is 0 Å². The highest BCUT2D eigenvalue weighted by Crippen LogP contribution is 2.37. The molecule has 1 fully saturated rings.